The fourth-order valence-corrected chi connectivity index (χ4v) is 3.03. The Morgan fingerprint density at radius 1 is 1.44 bits per heavy atom. The highest BCUT2D eigenvalue weighted by atomic mass is 16.5. The molecule has 0 bridgehead atoms. The number of morpholine rings is 1. The van der Waals surface area contributed by atoms with Crippen LogP contribution in [0.2, 0.25) is 0 Å². The molecule has 0 aromatic heterocycles. The fourth-order valence-electron chi connectivity index (χ4n) is 3.03. The van der Waals surface area contributed by atoms with Gasteiger partial charge in [-0.15, -0.1) is 0 Å². The monoisotopic (exact) mass is 256 g/mol. The molecule has 18 heavy (non-hydrogen) atoms. The summed E-state index contributed by atoms with van der Waals surface area (Å²) in [5.41, 5.74) is 0. The highest BCUT2D eigenvalue weighted by molar-refractivity contribution is 5.78. The summed E-state index contributed by atoms with van der Waals surface area (Å²) in [6, 6.07) is 0.237. The van der Waals surface area contributed by atoms with Gasteiger partial charge in [-0.1, -0.05) is 0 Å². The molecule has 5 heteroatoms. The van der Waals surface area contributed by atoms with E-state index in [4.69, 9.17) is 4.74 Å². The molecule has 2 rings (SSSR count). The lowest BCUT2D eigenvalue weighted by molar-refractivity contribution is -0.164. The number of aliphatic hydroxyl groups is 1. The molecule has 1 amide bonds. The Labute approximate surface area is 109 Å². The van der Waals surface area contributed by atoms with E-state index in [2.05, 4.69) is 18.7 Å². The van der Waals surface area contributed by atoms with Crippen LogP contribution < -0.4 is 0 Å². The van der Waals surface area contributed by atoms with Crippen LogP contribution in [0.1, 0.15) is 33.1 Å². The highest BCUT2D eigenvalue weighted by Crippen LogP contribution is 2.25. The first-order valence-electron chi connectivity index (χ1n) is 6.90. The van der Waals surface area contributed by atoms with Crippen LogP contribution in [0.5, 0.6) is 0 Å². The van der Waals surface area contributed by atoms with Crippen molar-refractivity contribution in [2.24, 2.45) is 0 Å². The molecular formula is C13H24N2O3. The number of amides is 1. The molecule has 2 aliphatic heterocycles. The first-order valence-corrected chi connectivity index (χ1v) is 6.90. The summed E-state index contributed by atoms with van der Waals surface area (Å²) in [6.45, 7) is 5.94. The van der Waals surface area contributed by atoms with Crippen molar-refractivity contribution in [3.05, 3.63) is 0 Å². The summed E-state index contributed by atoms with van der Waals surface area (Å²) in [6.07, 6.45) is 3.47. The van der Waals surface area contributed by atoms with Crippen LogP contribution in [-0.4, -0.2) is 65.4 Å². The van der Waals surface area contributed by atoms with Crippen molar-refractivity contribution < 1.29 is 14.6 Å². The molecule has 104 valence electrons. The lowest BCUT2D eigenvalue weighted by Crippen LogP contribution is -2.62. The second-order valence-corrected chi connectivity index (χ2v) is 5.46. The van der Waals surface area contributed by atoms with Crippen LogP contribution >= 0.6 is 0 Å². The summed E-state index contributed by atoms with van der Waals surface area (Å²) in [5, 5.41) is 9.44. The lowest BCUT2D eigenvalue weighted by atomic mass is 10.0. The van der Waals surface area contributed by atoms with Crippen molar-refractivity contribution in [1.82, 2.24) is 9.80 Å². The van der Waals surface area contributed by atoms with Crippen molar-refractivity contribution in [1.29, 1.82) is 0 Å². The molecule has 0 radical (unpaired) electrons. The number of carbonyl (C=O) groups excluding carboxylic acids is 1. The molecule has 1 N–H and O–H groups in total. The molecule has 2 saturated heterocycles. The minimum absolute atomic E-state index is 0.0119. The molecule has 5 nitrogen and oxygen atoms in total. The summed E-state index contributed by atoms with van der Waals surface area (Å²) in [4.78, 5) is 16.3. The molecule has 0 spiro atoms. The maximum absolute atomic E-state index is 12.1. The topological polar surface area (TPSA) is 53.0 Å². The van der Waals surface area contributed by atoms with E-state index < -0.39 is 0 Å². The van der Waals surface area contributed by atoms with Gasteiger partial charge in [0, 0.05) is 12.6 Å². The van der Waals surface area contributed by atoms with E-state index in [-0.39, 0.29) is 31.3 Å². The van der Waals surface area contributed by atoms with Gasteiger partial charge in [-0.05, 0) is 33.1 Å². The van der Waals surface area contributed by atoms with Gasteiger partial charge >= 0.3 is 0 Å². The molecule has 2 atom stereocenters. The fraction of sp³-hybridized carbons (Fsp3) is 0.923. The standard InChI is InChI=1S/C13H24N2O3/c1-10(2)14-6-4-3-5-12(14)15-11(7-16)8-18-9-13(15)17/h10-12,16H,3-9H2,1-2H3. The van der Waals surface area contributed by atoms with E-state index in [9.17, 15) is 9.90 Å². The number of nitrogens with zero attached hydrogens (tertiary/aromatic N) is 2. The normalized spacial score (nSPS) is 31.1. The van der Waals surface area contributed by atoms with Gasteiger partial charge in [0.25, 0.3) is 0 Å². The molecule has 2 unspecified atom stereocenters. The zero-order valence-electron chi connectivity index (χ0n) is 11.3. The van der Waals surface area contributed by atoms with Gasteiger partial charge < -0.3 is 14.7 Å². The molecule has 0 aliphatic carbocycles. The Hall–Kier alpha value is -0.650. The van der Waals surface area contributed by atoms with E-state index in [0.29, 0.717) is 12.6 Å². The zero-order valence-corrected chi connectivity index (χ0v) is 11.3. The average molecular weight is 256 g/mol. The van der Waals surface area contributed by atoms with Gasteiger partial charge in [-0.3, -0.25) is 9.69 Å². The Kier molecular flexibility index (Phi) is 4.59. The van der Waals surface area contributed by atoms with Crippen molar-refractivity contribution in [3.8, 4) is 0 Å². The first-order chi connectivity index (χ1) is 8.65. The minimum Gasteiger partial charge on any atom is -0.394 e. The van der Waals surface area contributed by atoms with Crippen LogP contribution in [-0.2, 0) is 9.53 Å². The number of hydrogen-bond acceptors (Lipinski definition) is 4. The molecule has 0 saturated carbocycles. The van der Waals surface area contributed by atoms with Crippen molar-refractivity contribution in [3.63, 3.8) is 0 Å². The van der Waals surface area contributed by atoms with E-state index in [1.165, 1.54) is 6.42 Å². The van der Waals surface area contributed by atoms with E-state index in [1.807, 2.05) is 4.90 Å². The summed E-state index contributed by atoms with van der Waals surface area (Å²) in [7, 11) is 0. The Morgan fingerprint density at radius 2 is 2.22 bits per heavy atom. The zero-order chi connectivity index (χ0) is 13.1. The van der Waals surface area contributed by atoms with E-state index in [1.54, 1.807) is 0 Å². The Morgan fingerprint density at radius 3 is 2.89 bits per heavy atom. The number of carbonyl (C=O) groups is 1. The van der Waals surface area contributed by atoms with Crippen molar-refractivity contribution in [2.75, 3.05) is 26.4 Å². The summed E-state index contributed by atoms with van der Waals surface area (Å²) >= 11 is 0. The second-order valence-electron chi connectivity index (χ2n) is 5.46. The lowest BCUT2D eigenvalue weighted by Gasteiger charge is -2.48. The number of likely N-dealkylation sites (tertiary alicyclic amines) is 1. The van der Waals surface area contributed by atoms with Crippen molar-refractivity contribution >= 4 is 5.91 Å². The van der Waals surface area contributed by atoms with E-state index >= 15 is 0 Å². The van der Waals surface area contributed by atoms with Crippen LogP contribution in [0.4, 0.5) is 0 Å². The Bertz CT molecular complexity index is 296. The van der Waals surface area contributed by atoms with Crippen LogP contribution in [0, 0.1) is 0 Å². The van der Waals surface area contributed by atoms with Gasteiger partial charge in [-0.25, -0.2) is 0 Å². The van der Waals surface area contributed by atoms with Gasteiger partial charge in [-0.2, -0.15) is 0 Å². The number of ether oxygens (including phenoxy) is 1. The third-order valence-corrected chi connectivity index (χ3v) is 3.92. The maximum atomic E-state index is 12.1. The quantitative estimate of drug-likeness (QED) is 0.795. The predicted octanol–water partition coefficient (Wildman–Crippen LogP) is 0.426. The number of aliphatic hydroxyl groups excluding tert-OH is 1. The second kappa shape index (κ2) is 5.99. The molecule has 2 aliphatic rings. The average Bonchev–Trinajstić information content (AvgIpc) is 2.38. The maximum Gasteiger partial charge on any atom is 0.250 e. The van der Waals surface area contributed by atoms with Gasteiger partial charge in [0.05, 0.1) is 25.4 Å². The first kappa shape index (κ1) is 13.8. The third-order valence-electron chi connectivity index (χ3n) is 3.92. The van der Waals surface area contributed by atoms with Gasteiger partial charge in [0.15, 0.2) is 0 Å². The number of piperidine rings is 1. The Balaban J connectivity index is 2.16. The summed E-state index contributed by atoms with van der Waals surface area (Å²) in [5.74, 6) is 0.0119. The smallest absolute Gasteiger partial charge is 0.250 e. The molecule has 0 aromatic carbocycles. The predicted molar refractivity (Wildman–Crippen MR) is 68.0 cm³/mol. The van der Waals surface area contributed by atoms with Crippen LogP contribution in [0.15, 0.2) is 0 Å². The molecule has 2 fully saturated rings. The highest BCUT2D eigenvalue weighted by Gasteiger charge is 2.38. The van der Waals surface area contributed by atoms with Crippen LogP contribution in [0.3, 0.4) is 0 Å². The molecular weight excluding hydrogens is 232 g/mol. The summed E-state index contributed by atoms with van der Waals surface area (Å²) < 4.78 is 5.23. The number of rotatable bonds is 3. The van der Waals surface area contributed by atoms with Crippen molar-refractivity contribution in [2.45, 2.75) is 51.4 Å². The minimum atomic E-state index is -0.185. The molecule has 2 heterocycles. The largest absolute Gasteiger partial charge is 0.394 e. The van der Waals surface area contributed by atoms with E-state index in [0.717, 1.165) is 19.4 Å². The van der Waals surface area contributed by atoms with Gasteiger partial charge in [0.1, 0.15) is 6.61 Å². The SMILES string of the molecule is CC(C)N1CCCCC1N1C(=O)COCC1CO. The number of hydrogen-bond donors (Lipinski definition) is 1. The molecule has 0 aromatic rings. The van der Waals surface area contributed by atoms with Gasteiger partial charge in [0.2, 0.25) is 5.91 Å². The van der Waals surface area contributed by atoms with Crippen LogP contribution in [0.25, 0.3) is 0 Å². The third kappa shape index (κ3) is 2.68.